The number of epoxide rings is 1. The molecule has 1 aromatic rings. The predicted molar refractivity (Wildman–Crippen MR) is 104 cm³/mol. The van der Waals surface area contributed by atoms with Crippen molar-refractivity contribution in [3.05, 3.63) is 35.9 Å². The van der Waals surface area contributed by atoms with Gasteiger partial charge in [-0.1, -0.05) is 43.7 Å². The Kier molecular flexibility index (Phi) is 8.81. The van der Waals surface area contributed by atoms with Crippen molar-refractivity contribution in [2.24, 2.45) is 0 Å². The molecule has 0 saturated carbocycles. The Balaban J connectivity index is 1.87. The van der Waals surface area contributed by atoms with E-state index in [2.05, 4.69) is 5.32 Å². The van der Waals surface area contributed by atoms with Gasteiger partial charge >= 0.3 is 5.97 Å². The average molecular weight is 394 g/mol. The van der Waals surface area contributed by atoms with E-state index < -0.39 is 30.1 Å². The molecular formula is C20H27NO5S. The fourth-order valence-corrected chi connectivity index (χ4v) is 3.63. The summed E-state index contributed by atoms with van der Waals surface area (Å²) < 4.78 is 9.97. The normalized spacial score (nSPS) is 19.2. The van der Waals surface area contributed by atoms with Gasteiger partial charge in [-0.2, -0.15) is 11.8 Å². The van der Waals surface area contributed by atoms with Gasteiger partial charge in [0.2, 0.25) is 0 Å². The van der Waals surface area contributed by atoms with Gasteiger partial charge in [0.15, 0.2) is 18.0 Å². The predicted octanol–water partition coefficient (Wildman–Crippen LogP) is 2.49. The molecule has 1 N–H and O–H groups in total. The van der Waals surface area contributed by atoms with Gasteiger partial charge in [0.1, 0.15) is 0 Å². The van der Waals surface area contributed by atoms with Crippen molar-refractivity contribution in [1.29, 1.82) is 0 Å². The monoisotopic (exact) mass is 393 g/mol. The average Bonchev–Trinajstić information content (AvgIpc) is 3.47. The molecule has 1 heterocycles. The molecule has 1 fully saturated rings. The van der Waals surface area contributed by atoms with E-state index in [9.17, 15) is 14.4 Å². The maximum atomic E-state index is 12.5. The van der Waals surface area contributed by atoms with Gasteiger partial charge in [-0.3, -0.25) is 9.59 Å². The molecule has 27 heavy (non-hydrogen) atoms. The second-order valence-corrected chi connectivity index (χ2v) is 7.39. The van der Waals surface area contributed by atoms with Gasteiger partial charge in [0, 0.05) is 17.9 Å². The Morgan fingerprint density at radius 2 is 1.93 bits per heavy atom. The van der Waals surface area contributed by atoms with Crippen molar-refractivity contribution in [1.82, 2.24) is 5.32 Å². The minimum absolute atomic E-state index is 0.0131. The first-order valence-corrected chi connectivity index (χ1v) is 10.5. The number of amides is 1. The van der Waals surface area contributed by atoms with Crippen molar-refractivity contribution < 1.29 is 23.9 Å². The summed E-state index contributed by atoms with van der Waals surface area (Å²) in [6.07, 6.45) is 0.429. The van der Waals surface area contributed by atoms with Crippen molar-refractivity contribution in [3.63, 3.8) is 0 Å². The molecule has 1 aromatic carbocycles. The molecule has 0 radical (unpaired) electrons. The lowest BCUT2D eigenvalue weighted by atomic mass is 10.1. The highest BCUT2D eigenvalue weighted by Crippen LogP contribution is 2.24. The van der Waals surface area contributed by atoms with Crippen LogP contribution in [0, 0.1) is 0 Å². The Bertz CT molecular complexity index is 637. The quantitative estimate of drug-likeness (QED) is 0.434. The number of Topliss-reactive ketones (excluding diaryl/α,β-unsaturated/α-hetero) is 1. The molecule has 6 nitrogen and oxygen atoms in total. The van der Waals surface area contributed by atoms with Crippen molar-refractivity contribution in [2.75, 3.05) is 12.4 Å². The second-order valence-electron chi connectivity index (χ2n) is 6.36. The molecule has 0 aromatic heterocycles. The summed E-state index contributed by atoms with van der Waals surface area (Å²) in [6, 6.07) is 9.39. The zero-order valence-corrected chi connectivity index (χ0v) is 16.6. The summed E-state index contributed by atoms with van der Waals surface area (Å²) in [6.45, 7) is 3.95. The molecule has 1 saturated heterocycles. The third-order valence-electron chi connectivity index (χ3n) is 4.15. The molecule has 1 amide bonds. The van der Waals surface area contributed by atoms with E-state index in [0.29, 0.717) is 12.2 Å². The SMILES string of the molecule is CCCCC(=O)[C@H](CSCc1ccccc1)NC(=O)[C@H]1O[C@@H]1C(=O)OCC. The lowest BCUT2D eigenvalue weighted by Gasteiger charge is -2.17. The van der Waals surface area contributed by atoms with Gasteiger partial charge in [0.25, 0.3) is 5.91 Å². The summed E-state index contributed by atoms with van der Waals surface area (Å²) in [5.41, 5.74) is 1.17. The Morgan fingerprint density at radius 1 is 1.19 bits per heavy atom. The van der Waals surface area contributed by atoms with E-state index in [1.54, 1.807) is 18.7 Å². The molecule has 7 heteroatoms. The van der Waals surface area contributed by atoms with Crippen LogP contribution in [0.1, 0.15) is 38.7 Å². The maximum Gasteiger partial charge on any atom is 0.338 e. The minimum atomic E-state index is -0.857. The number of ether oxygens (including phenoxy) is 2. The molecule has 0 aliphatic carbocycles. The fraction of sp³-hybridized carbons (Fsp3) is 0.550. The number of hydrogen-bond acceptors (Lipinski definition) is 6. The molecule has 148 valence electrons. The van der Waals surface area contributed by atoms with E-state index >= 15 is 0 Å². The molecule has 1 aliphatic rings. The van der Waals surface area contributed by atoms with Gasteiger partial charge < -0.3 is 14.8 Å². The van der Waals surface area contributed by atoms with Crippen molar-refractivity contribution in [3.8, 4) is 0 Å². The highest BCUT2D eigenvalue weighted by Gasteiger charge is 2.52. The zero-order valence-electron chi connectivity index (χ0n) is 15.8. The van der Waals surface area contributed by atoms with Gasteiger partial charge in [0.05, 0.1) is 12.6 Å². The Morgan fingerprint density at radius 3 is 2.59 bits per heavy atom. The summed E-state index contributed by atoms with van der Waals surface area (Å²) in [4.78, 5) is 36.4. The number of hydrogen-bond donors (Lipinski definition) is 1. The number of rotatable bonds is 12. The molecule has 2 rings (SSSR count). The minimum Gasteiger partial charge on any atom is -0.464 e. The first-order valence-electron chi connectivity index (χ1n) is 9.33. The highest BCUT2D eigenvalue weighted by atomic mass is 32.2. The van der Waals surface area contributed by atoms with Gasteiger partial charge in [-0.25, -0.2) is 4.79 Å². The largest absolute Gasteiger partial charge is 0.464 e. The van der Waals surface area contributed by atoms with Crippen LogP contribution in [0.2, 0.25) is 0 Å². The van der Waals surface area contributed by atoms with Crippen LogP contribution in [0.15, 0.2) is 30.3 Å². The summed E-state index contributed by atoms with van der Waals surface area (Å²) in [5, 5.41) is 2.76. The van der Waals surface area contributed by atoms with Crippen LogP contribution in [0.5, 0.6) is 0 Å². The van der Waals surface area contributed by atoms with E-state index in [0.717, 1.165) is 18.6 Å². The topological polar surface area (TPSA) is 85.0 Å². The van der Waals surface area contributed by atoms with Crippen LogP contribution < -0.4 is 5.32 Å². The van der Waals surface area contributed by atoms with Gasteiger partial charge in [-0.05, 0) is 18.9 Å². The number of thioether (sulfide) groups is 1. The molecule has 0 spiro atoms. The number of esters is 1. The van der Waals surface area contributed by atoms with Gasteiger partial charge in [-0.15, -0.1) is 0 Å². The van der Waals surface area contributed by atoms with Crippen molar-refractivity contribution >= 4 is 29.4 Å². The lowest BCUT2D eigenvalue weighted by molar-refractivity contribution is -0.144. The van der Waals surface area contributed by atoms with Crippen LogP contribution in [0.4, 0.5) is 0 Å². The fourth-order valence-electron chi connectivity index (χ4n) is 2.58. The maximum absolute atomic E-state index is 12.5. The number of benzene rings is 1. The smallest absolute Gasteiger partial charge is 0.338 e. The lowest BCUT2D eigenvalue weighted by Crippen LogP contribution is -2.45. The molecule has 0 bridgehead atoms. The zero-order chi connectivity index (χ0) is 19.6. The van der Waals surface area contributed by atoms with E-state index in [1.807, 2.05) is 37.3 Å². The molecular weight excluding hydrogens is 366 g/mol. The Labute approximate surface area is 164 Å². The van der Waals surface area contributed by atoms with Crippen molar-refractivity contribution in [2.45, 2.75) is 57.1 Å². The van der Waals surface area contributed by atoms with Crippen LogP contribution in [0.3, 0.4) is 0 Å². The number of nitrogens with one attached hydrogen (secondary N) is 1. The summed E-state index contributed by atoms with van der Waals surface area (Å²) in [5.74, 6) is 0.298. The third-order valence-corrected chi connectivity index (χ3v) is 5.25. The van der Waals surface area contributed by atoms with Crippen LogP contribution in [-0.4, -0.2) is 48.3 Å². The van der Waals surface area contributed by atoms with E-state index in [-0.39, 0.29) is 12.4 Å². The molecule has 0 unspecified atom stereocenters. The Hall–Kier alpha value is -1.86. The first kappa shape index (κ1) is 21.4. The summed E-state index contributed by atoms with van der Waals surface area (Å²) in [7, 11) is 0. The summed E-state index contributed by atoms with van der Waals surface area (Å²) >= 11 is 1.60. The number of unbranched alkanes of at least 4 members (excludes halogenated alkanes) is 1. The van der Waals surface area contributed by atoms with Crippen LogP contribution >= 0.6 is 11.8 Å². The first-order chi connectivity index (χ1) is 13.1. The van der Waals surface area contributed by atoms with E-state index in [4.69, 9.17) is 9.47 Å². The molecule has 3 atom stereocenters. The van der Waals surface area contributed by atoms with E-state index in [1.165, 1.54) is 5.56 Å². The second kappa shape index (κ2) is 11.1. The number of ketones is 1. The third kappa shape index (κ3) is 6.99. The van der Waals surface area contributed by atoms with Crippen LogP contribution in [-0.2, 0) is 29.6 Å². The molecule has 1 aliphatic heterocycles. The van der Waals surface area contributed by atoms with Crippen LogP contribution in [0.25, 0.3) is 0 Å². The number of carbonyl (C=O) groups is 3. The standard InChI is InChI=1S/C20H27NO5S/c1-3-5-11-16(22)15(13-27-12-14-9-7-6-8-10-14)21-19(23)17-18(26-17)20(24)25-4-2/h6-10,15,17-18H,3-5,11-13H2,1-2H3,(H,21,23)/t15-,17-,18-/m0/s1. The number of carbonyl (C=O) groups excluding carboxylic acids is 3. The highest BCUT2D eigenvalue weighted by molar-refractivity contribution is 7.98.